The molecule has 2 atom stereocenters. The largest absolute Gasteiger partial charge is 0.381 e. The number of hydrogen-bond acceptors (Lipinski definition) is 4. The average molecular weight is 258 g/mol. The predicted octanol–water partition coefficient (Wildman–Crippen LogP) is 1.52. The Hall–Kier alpha value is -0.160. The number of hydrogen-bond donors (Lipinski definition) is 2. The molecule has 0 aliphatic heterocycles. The van der Waals surface area contributed by atoms with Gasteiger partial charge in [0.1, 0.15) is 0 Å². The second-order valence-corrected chi connectivity index (χ2v) is 5.24. The normalized spacial score (nSPS) is 24.3. The molecule has 4 N–H and O–H groups in total. The molecule has 0 heterocycles. The predicted molar refractivity (Wildman–Crippen MR) is 74.4 cm³/mol. The maximum absolute atomic E-state index is 5.72. The van der Waals surface area contributed by atoms with Crippen molar-refractivity contribution in [2.75, 3.05) is 39.5 Å². The minimum absolute atomic E-state index is 0.675. The summed E-state index contributed by atoms with van der Waals surface area (Å²) in [7, 11) is 0. The first-order chi connectivity index (χ1) is 8.88. The lowest BCUT2D eigenvalue weighted by Crippen LogP contribution is -2.28. The van der Waals surface area contributed by atoms with Crippen LogP contribution in [0.3, 0.4) is 0 Å². The van der Waals surface area contributed by atoms with Gasteiger partial charge in [-0.25, -0.2) is 0 Å². The summed E-state index contributed by atoms with van der Waals surface area (Å²) in [6.45, 7) is 4.80. The molecule has 0 aromatic rings. The minimum Gasteiger partial charge on any atom is -0.381 e. The fourth-order valence-electron chi connectivity index (χ4n) is 2.56. The van der Waals surface area contributed by atoms with Crippen molar-refractivity contribution in [3.05, 3.63) is 0 Å². The van der Waals surface area contributed by atoms with Crippen LogP contribution in [0.15, 0.2) is 0 Å². The molecule has 0 aromatic carbocycles. The number of nitrogens with two attached hydrogens (primary N) is 2. The Balaban J connectivity index is 2.15. The van der Waals surface area contributed by atoms with Crippen LogP contribution in [0.1, 0.15) is 38.5 Å². The van der Waals surface area contributed by atoms with Gasteiger partial charge in [0, 0.05) is 26.4 Å². The van der Waals surface area contributed by atoms with Crippen LogP contribution in [0.5, 0.6) is 0 Å². The Morgan fingerprint density at radius 3 is 1.61 bits per heavy atom. The molecule has 108 valence electrons. The first-order valence-electron chi connectivity index (χ1n) is 7.44. The zero-order valence-corrected chi connectivity index (χ0v) is 11.6. The van der Waals surface area contributed by atoms with E-state index in [2.05, 4.69) is 0 Å². The Labute approximate surface area is 111 Å². The second kappa shape index (κ2) is 10.7. The van der Waals surface area contributed by atoms with Crippen LogP contribution < -0.4 is 11.5 Å². The van der Waals surface area contributed by atoms with E-state index in [1.807, 2.05) is 0 Å². The molecule has 0 bridgehead atoms. The average Bonchev–Trinajstić information content (AvgIpc) is 2.41. The van der Waals surface area contributed by atoms with Crippen molar-refractivity contribution in [3.63, 3.8) is 0 Å². The first kappa shape index (κ1) is 15.9. The Morgan fingerprint density at radius 2 is 1.22 bits per heavy atom. The van der Waals surface area contributed by atoms with Gasteiger partial charge < -0.3 is 20.9 Å². The number of rotatable bonds is 10. The fourth-order valence-corrected chi connectivity index (χ4v) is 2.56. The molecule has 0 aromatic heterocycles. The molecule has 0 saturated heterocycles. The second-order valence-electron chi connectivity index (χ2n) is 5.24. The van der Waals surface area contributed by atoms with E-state index in [1.54, 1.807) is 0 Å². The van der Waals surface area contributed by atoms with Crippen LogP contribution in [0.4, 0.5) is 0 Å². The quantitative estimate of drug-likeness (QED) is 0.583. The fraction of sp³-hybridized carbons (Fsp3) is 1.00. The molecular weight excluding hydrogens is 228 g/mol. The molecule has 4 nitrogen and oxygen atoms in total. The minimum atomic E-state index is 0.675. The molecule has 1 rings (SSSR count). The van der Waals surface area contributed by atoms with Gasteiger partial charge in [-0.15, -0.1) is 0 Å². The SMILES string of the molecule is NCCCOCC1CCCCC1COCCCN. The highest BCUT2D eigenvalue weighted by atomic mass is 16.5. The Morgan fingerprint density at radius 1 is 0.778 bits per heavy atom. The van der Waals surface area contributed by atoms with Gasteiger partial charge in [0.05, 0.1) is 0 Å². The van der Waals surface area contributed by atoms with Crippen molar-refractivity contribution in [1.29, 1.82) is 0 Å². The summed E-state index contributed by atoms with van der Waals surface area (Å²) in [4.78, 5) is 0. The van der Waals surface area contributed by atoms with Crippen LogP contribution in [0.25, 0.3) is 0 Å². The Kier molecular flexibility index (Phi) is 9.48. The van der Waals surface area contributed by atoms with Gasteiger partial charge >= 0.3 is 0 Å². The summed E-state index contributed by atoms with van der Waals surface area (Å²) in [5.74, 6) is 1.35. The van der Waals surface area contributed by atoms with Gasteiger partial charge in [0.25, 0.3) is 0 Å². The molecule has 0 radical (unpaired) electrons. The zero-order valence-electron chi connectivity index (χ0n) is 11.6. The molecule has 1 saturated carbocycles. The van der Waals surface area contributed by atoms with Crippen LogP contribution in [0.2, 0.25) is 0 Å². The summed E-state index contributed by atoms with van der Waals surface area (Å²) in [6.07, 6.45) is 7.17. The summed E-state index contributed by atoms with van der Waals surface area (Å²) in [5, 5.41) is 0. The molecule has 0 amide bonds. The van der Waals surface area contributed by atoms with E-state index in [1.165, 1.54) is 25.7 Å². The van der Waals surface area contributed by atoms with E-state index in [9.17, 15) is 0 Å². The molecule has 18 heavy (non-hydrogen) atoms. The summed E-state index contributed by atoms with van der Waals surface area (Å²) in [5.41, 5.74) is 10.9. The van der Waals surface area contributed by atoms with Crippen LogP contribution in [-0.4, -0.2) is 39.5 Å². The smallest absolute Gasteiger partial charge is 0.0497 e. The van der Waals surface area contributed by atoms with E-state index in [4.69, 9.17) is 20.9 Å². The monoisotopic (exact) mass is 258 g/mol. The van der Waals surface area contributed by atoms with E-state index in [-0.39, 0.29) is 0 Å². The van der Waals surface area contributed by atoms with Crippen molar-refractivity contribution >= 4 is 0 Å². The van der Waals surface area contributed by atoms with Gasteiger partial charge in [0.15, 0.2) is 0 Å². The first-order valence-corrected chi connectivity index (χ1v) is 7.44. The van der Waals surface area contributed by atoms with Crippen molar-refractivity contribution < 1.29 is 9.47 Å². The molecule has 4 heteroatoms. The van der Waals surface area contributed by atoms with Gasteiger partial charge in [-0.1, -0.05) is 12.8 Å². The zero-order chi connectivity index (χ0) is 13.1. The molecular formula is C14H30N2O2. The summed E-state index contributed by atoms with van der Waals surface area (Å²) >= 11 is 0. The number of ether oxygens (including phenoxy) is 2. The molecule has 2 unspecified atom stereocenters. The third-order valence-electron chi connectivity index (χ3n) is 3.72. The third-order valence-corrected chi connectivity index (χ3v) is 3.72. The van der Waals surface area contributed by atoms with E-state index in [0.717, 1.165) is 52.4 Å². The van der Waals surface area contributed by atoms with Crippen molar-refractivity contribution in [3.8, 4) is 0 Å². The van der Waals surface area contributed by atoms with Gasteiger partial charge in [-0.05, 0) is 50.6 Å². The summed E-state index contributed by atoms with van der Waals surface area (Å²) < 4.78 is 11.4. The third kappa shape index (κ3) is 6.69. The lowest BCUT2D eigenvalue weighted by molar-refractivity contribution is 0.0138. The highest BCUT2D eigenvalue weighted by molar-refractivity contribution is 4.75. The maximum atomic E-state index is 5.72. The highest BCUT2D eigenvalue weighted by Gasteiger charge is 2.25. The lowest BCUT2D eigenvalue weighted by Gasteiger charge is -2.31. The van der Waals surface area contributed by atoms with Gasteiger partial charge in [0.2, 0.25) is 0 Å². The molecule has 1 aliphatic rings. The van der Waals surface area contributed by atoms with E-state index >= 15 is 0 Å². The van der Waals surface area contributed by atoms with Crippen LogP contribution in [-0.2, 0) is 9.47 Å². The topological polar surface area (TPSA) is 70.5 Å². The maximum Gasteiger partial charge on any atom is 0.0497 e. The standard InChI is InChI=1S/C14H30N2O2/c15-7-3-9-17-11-13-5-1-2-6-14(13)12-18-10-4-8-16/h13-14H,1-12,15-16H2. The van der Waals surface area contributed by atoms with Crippen molar-refractivity contribution in [2.24, 2.45) is 23.3 Å². The van der Waals surface area contributed by atoms with Crippen LogP contribution >= 0.6 is 0 Å². The highest BCUT2D eigenvalue weighted by Crippen LogP contribution is 2.30. The van der Waals surface area contributed by atoms with Gasteiger partial charge in [-0.3, -0.25) is 0 Å². The van der Waals surface area contributed by atoms with Crippen LogP contribution in [0, 0.1) is 11.8 Å². The van der Waals surface area contributed by atoms with E-state index in [0.29, 0.717) is 11.8 Å². The van der Waals surface area contributed by atoms with Crippen molar-refractivity contribution in [1.82, 2.24) is 0 Å². The Bertz CT molecular complexity index is 171. The lowest BCUT2D eigenvalue weighted by atomic mass is 9.80. The van der Waals surface area contributed by atoms with Gasteiger partial charge in [-0.2, -0.15) is 0 Å². The molecule has 1 aliphatic carbocycles. The van der Waals surface area contributed by atoms with E-state index < -0.39 is 0 Å². The van der Waals surface area contributed by atoms with Crippen molar-refractivity contribution in [2.45, 2.75) is 38.5 Å². The molecule has 0 spiro atoms. The molecule has 1 fully saturated rings. The summed E-state index contributed by atoms with van der Waals surface area (Å²) in [6, 6.07) is 0.